The zero-order chi connectivity index (χ0) is 14.0. The molecule has 0 heterocycles. The maximum atomic E-state index is 13.1. The predicted octanol–water partition coefficient (Wildman–Crippen LogP) is 1.97. The van der Waals surface area contributed by atoms with Crippen molar-refractivity contribution in [2.75, 3.05) is 5.32 Å². The van der Waals surface area contributed by atoms with Gasteiger partial charge < -0.3 is 15.5 Å². The fourth-order valence-corrected chi connectivity index (χ4v) is 2.27. The number of aliphatic carboxylic acids is 1. The number of hydrogen-bond acceptors (Lipinski definition) is 3. The number of phenols is 1. The third kappa shape index (κ3) is 3.01. The van der Waals surface area contributed by atoms with Gasteiger partial charge in [0.1, 0.15) is 0 Å². The average molecular weight is 267 g/mol. The predicted molar refractivity (Wildman–Crippen MR) is 65.2 cm³/mol. The van der Waals surface area contributed by atoms with Crippen molar-refractivity contribution in [1.29, 1.82) is 0 Å². The van der Waals surface area contributed by atoms with Crippen LogP contribution in [-0.2, 0) is 9.59 Å². The first-order chi connectivity index (χ1) is 8.97. The van der Waals surface area contributed by atoms with Gasteiger partial charge >= 0.3 is 5.97 Å². The minimum Gasteiger partial charge on any atom is -0.505 e. The summed E-state index contributed by atoms with van der Waals surface area (Å²) in [5.41, 5.74) is 0.249. The molecule has 0 radical (unpaired) electrons. The normalized spacial score (nSPS) is 22.2. The van der Waals surface area contributed by atoms with Crippen molar-refractivity contribution in [3.05, 3.63) is 24.0 Å². The number of carbonyl (C=O) groups is 2. The molecule has 1 aromatic carbocycles. The van der Waals surface area contributed by atoms with E-state index in [4.69, 9.17) is 10.2 Å². The highest BCUT2D eigenvalue weighted by molar-refractivity contribution is 5.93. The first-order valence-corrected chi connectivity index (χ1v) is 5.99. The van der Waals surface area contributed by atoms with Gasteiger partial charge in [-0.05, 0) is 31.4 Å². The SMILES string of the molecule is O=C(O)C1CCC(C(=O)Nc2ccc(O)c(F)c2)C1. The van der Waals surface area contributed by atoms with Gasteiger partial charge in [-0.3, -0.25) is 9.59 Å². The Labute approximate surface area is 109 Å². The summed E-state index contributed by atoms with van der Waals surface area (Å²) in [6.45, 7) is 0. The van der Waals surface area contributed by atoms with E-state index in [9.17, 15) is 14.0 Å². The summed E-state index contributed by atoms with van der Waals surface area (Å²) in [5.74, 6) is -3.33. The van der Waals surface area contributed by atoms with Crippen molar-refractivity contribution in [2.24, 2.45) is 11.8 Å². The molecule has 1 amide bonds. The topological polar surface area (TPSA) is 86.6 Å². The van der Waals surface area contributed by atoms with Crippen LogP contribution in [0.1, 0.15) is 19.3 Å². The van der Waals surface area contributed by atoms with E-state index in [-0.39, 0.29) is 17.5 Å². The standard InChI is InChI=1S/C13H14FNO4/c14-10-6-9(3-4-11(10)16)15-12(17)7-1-2-8(5-7)13(18)19/h3-4,6-8,16H,1-2,5H2,(H,15,17)(H,18,19). The number of aromatic hydroxyl groups is 1. The van der Waals surface area contributed by atoms with Crippen LogP contribution in [0.2, 0.25) is 0 Å². The molecule has 2 rings (SSSR count). The van der Waals surface area contributed by atoms with Crippen molar-refractivity contribution in [3.63, 3.8) is 0 Å². The van der Waals surface area contributed by atoms with Crippen molar-refractivity contribution < 1.29 is 24.2 Å². The number of amides is 1. The van der Waals surface area contributed by atoms with Crippen molar-refractivity contribution in [1.82, 2.24) is 0 Å². The molecule has 2 unspecified atom stereocenters. The van der Waals surface area contributed by atoms with E-state index in [0.717, 1.165) is 12.1 Å². The van der Waals surface area contributed by atoms with E-state index in [2.05, 4.69) is 5.32 Å². The van der Waals surface area contributed by atoms with E-state index in [1.165, 1.54) is 6.07 Å². The Morgan fingerprint density at radius 1 is 1.26 bits per heavy atom. The van der Waals surface area contributed by atoms with Crippen molar-refractivity contribution >= 4 is 17.6 Å². The molecule has 1 aromatic rings. The van der Waals surface area contributed by atoms with Gasteiger partial charge in [-0.25, -0.2) is 4.39 Å². The van der Waals surface area contributed by atoms with Crippen LogP contribution < -0.4 is 5.32 Å². The zero-order valence-electron chi connectivity index (χ0n) is 10.1. The van der Waals surface area contributed by atoms with E-state index in [1.807, 2.05) is 0 Å². The summed E-state index contributed by atoms with van der Waals surface area (Å²) in [5, 5.41) is 20.4. The summed E-state index contributed by atoms with van der Waals surface area (Å²) in [7, 11) is 0. The molecule has 2 atom stereocenters. The molecular formula is C13H14FNO4. The number of hydrogen-bond donors (Lipinski definition) is 3. The number of carboxylic acids is 1. The van der Waals surface area contributed by atoms with Crippen LogP contribution in [0.15, 0.2) is 18.2 Å². The van der Waals surface area contributed by atoms with Crippen LogP contribution in [0.25, 0.3) is 0 Å². The lowest BCUT2D eigenvalue weighted by atomic mass is 10.0. The molecule has 19 heavy (non-hydrogen) atoms. The van der Waals surface area contributed by atoms with Crippen LogP contribution in [0.3, 0.4) is 0 Å². The molecule has 1 aliphatic carbocycles. The molecule has 0 aromatic heterocycles. The average Bonchev–Trinajstić information content (AvgIpc) is 2.83. The van der Waals surface area contributed by atoms with Crippen molar-refractivity contribution in [3.8, 4) is 5.75 Å². The third-order valence-corrected chi connectivity index (χ3v) is 3.37. The summed E-state index contributed by atoms with van der Waals surface area (Å²) >= 11 is 0. The van der Waals surface area contributed by atoms with Crippen LogP contribution in [0.4, 0.5) is 10.1 Å². The molecule has 1 fully saturated rings. The molecule has 1 saturated carbocycles. The smallest absolute Gasteiger partial charge is 0.306 e. The second-order valence-electron chi connectivity index (χ2n) is 4.70. The Morgan fingerprint density at radius 2 is 1.95 bits per heavy atom. The number of carboxylic acid groups (broad SMARTS) is 1. The summed E-state index contributed by atoms with van der Waals surface area (Å²) in [6, 6.07) is 3.57. The Balaban J connectivity index is 1.98. The molecule has 0 saturated heterocycles. The van der Waals surface area contributed by atoms with E-state index in [1.54, 1.807) is 0 Å². The number of phenolic OH excluding ortho intramolecular Hbond substituents is 1. The van der Waals surface area contributed by atoms with Gasteiger partial charge in [0.25, 0.3) is 0 Å². The van der Waals surface area contributed by atoms with E-state index in [0.29, 0.717) is 19.3 Å². The number of anilines is 1. The maximum absolute atomic E-state index is 13.1. The van der Waals surface area contributed by atoms with Crippen LogP contribution >= 0.6 is 0 Å². The number of halogens is 1. The van der Waals surface area contributed by atoms with Gasteiger partial charge in [-0.15, -0.1) is 0 Å². The Hall–Kier alpha value is -2.11. The lowest BCUT2D eigenvalue weighted by Crippen LogP contribution is -2.21. The minimum atomic E-state index is -0.883. The molecule has 1 aliphatic rings. The molecule has 0 spiro atoms. The molecule has 5 nitrogen and oxygen atoms in total. The second-order valence-corrected chi connectivity index (χ2v) is 4.70. The lowest BCUT2D eigenvalue weighted by molar-refractivity contribution is -0.141. The highest BCUT2D eigenvalue weighted by atomic mass is 19.1. The zero-order valence-corrected chi connectivity index (χ0v) is 10.1. The number of carbonyl (C=O) groups excluding carboxylic acids is 1. The molecule has 0 bridgehead atoms. The van der Waals surface area contributed by atoms with Gasteiger partial charge in [-0.2, -0.15) is 0 Å². The van der Waals surface area contributed by atoms with Crippen LogP contribution in [0, 0.1) is 17.7 Å². The van der Waals surface area contributed by atoms with Gasteiger partial charge in [0, 0.05) is 17.7 Å². The summed E-state index contributed by atoms with van der Waals surface area (Å²) < 4.78 is 13.1. The first-order valence-electron chi connectivity index (χ1n) is 5.99. The second kappa shape index (κ2) is 5.26. The largest absolute Gasteiger partial charge is 0.505 e. The summed E-state index contributed by atoms with van der Waals surface area (Å²) in [4.78, 5) is 22.7. The van der Waals surface area contributed by atoms with Gasteiger partial charge in [0.2, 0.25) is 5.91 Å². The molecular weight excluding hydrogens is 253 g/mol. The molecule has 3 N–H and O–H groups in total. The van der Waals surface area contributed by atoms with Crippen LogP contribution in [0.5, 0.6) is 5.75 Å². The molecule has 6 heteroatoms. The van der Waals surface area contributed by atoms with Gasteiger partial charge in [0.15, 0.2) is 11.6 Å². The Kier molecular flexibility index (Phi) is 3.69. The maximum Gasteiger partial charge on any atom is 0.306 e. The minimum absolute atomic E-state index is 0.249. The highest BCUT2D eigenvalue weighted by Crippen LogP contribution is 2.32. The van der Waals surface area contributed by atoms with E-state index < -0.39 is 23.5 Å². The number of rotatable bonds is 3. The fraction of sp³-hybridized carbons (Fsp3) is 0.385. The molecule has 0 aliphatic heterocycles. The summed E-state index contributed by atoms with van der Waals surface area (Å²) in [6.07, 6.45) is 1.31. The fourth-order valence-electron chi connectivity index (χ4n) is 2.27. The Morgan fingerprint density at radius 3 is 2.53 bits per heavy atom. The first kappa shape index (κ1) is 13.3. The lowest BCUT2D eigenvalue weighted by Gasteiger charge is -2.11. The van der Waals surface area contributed by atoms with Gasteiger partial charge in [-0.1, -0.05) is 0 Å². The van der Waals surface area contributed by atoms with Crippen molar-refractivity contribution in [2.45, 2.75) is 19.3 Å². The van der Waals surface area contributed by atoms with Gasteiger partial charge in [0.05, 0.1) is 5.92 Å². The number of benzene rings is 1. The third-order valence-electron chi connectivity index (χ3n) is 3.37. The highest BCUT2D eigenvalue weighted by Gasteiger charge is 2.33. The Bertz CT molecular complexity index is 517. The number of nitrogens with one attached hydrogen (secondary N) is 1. The van der Waals surface area contributed by atoms with E-state index >= 15 is 0 Å². The van der Waals surface area contributed by atoms with Crippen LogP contribution in [-0.4, -0.2) is 22.1 Å². The quantitative estimate of drug-likeness (QED) is 0.731. The molecule has 102 valence electrons. The monoisotopic (exact) mass is 267 g/mol.